The van der Waals surface area contributed by atoms with Gasteiger partial charge in [0.1, 0.15) is 18.2 Å². The van der Waals surface area contributed by atoms with Gasteiger partial charge in [0.25, 0.3) is 0 Å². The topological polar surface area (TPSA) is 75.1 Å². The van der Waals surface area contributed by atoms with Crippen LogP contribution in [0.5, 0.6) is 0 Å². The van der Waals surface area contributed by atoms with Crippen molar-refractivity contribution in [2.75, 3.05) is 17.3 Å². The van der Waals surface area contributed by atoms with Crippen LogP contribution in [0.15, 0.2) is 30.6 Å². The number of benzene rings is 1. The van der Waals surface area contributed by atoms with Crippen molar-refractivity contribution >= 4 is 23.5 Å². The summed E-state index contributed by atoms with van der Waals surface area (Å²) < 4.78 is 0. The van der Waals surface area contributed by atoms with Crippen LogP contribution in [0.3, 0.4) is 0 Å². The first-order valence-corrected chi connectivity index (χ1v) is 9.50. The molecule has 0 aliphatic heterocycles. The number of hydrogen-bond donors (Lipinski definition) is 2. The highest BCUT2D eigenvalue weighted by molar-refractivity contribution is 7.98. The maximum atomic E-state index is 11.5. The summed E-state index contributed by atoms with van der Waals surface area (Å²) in [5, 5.41) is 12.6. The lowest BCUT2D eigenvalue weighted by atomic mass is 10.0. The molecule has 5 nitrogen and oxygen atoms in total. The largest absolute Gasteiger partial charge is 0.480 e. The zero-order valence-electron chi connectivity index (χ0n) is 13.7. The number of nitrogens with one attached hydrogen (secondary N) is 1. The summed E-state index contributed by atoms with van der Waals surface area (Å²) in [5.41, 5.74) is 4.37. The molecule has 0 spiro atoms. The van der Waals surface area contributed by atoms with Crippen molar-refractivity contribution < 1.29 is 9.90 Å². The van der Waals surface area contributed by atoms with E-state index >= 15 is 0 Å². The quantitative estimate of drug-likeness (QED) is 0.838. The summed E-state index contributed by atoms with van der Waals surface area (Å²) in [7, 11) is 0. The van der Waals surface area contributed by atoms with E-state index in [0.717, 1.165) is 41.8 Å². The maximum Gasteiger partial charge on any atom is 0.326 e. The van der Waals surface area contributed by atoms with Gasteiger partial charge in [0, 0.05) is 11.1 Å². The third-order valence-corrected chi connectivity index (χ3v) is 4.95. The molecule has 3 rings (SSSR count). The first-order valence-electron chi connectivity index (χ1n) is 8.11. The van der Waals surface area contributed by atoms with Crippen molar-refractivity contribution in [2.24, 2.45) is 0 Å². The van der Waals surface area contributed by atoms with E-state index in [9.17, 15) is 9.90 Å². The Morgan fingerprint density at radius 3 is 2.96 bits per heavy atom. The van der Waals surface area contributed by atoms with Gasteiger partial charge in [-0.2, -0.15) is 11.8 Å². The van der Waals surface area contributed by atoms with Gasteiger partial charge in [0.05, 0.1) is 5.69 Å². The number of aromatic nitrogens is 2. The van der Waals surface area contributed by atoms with Crippen molar-refractivity contribution in [3.05, 3.63) is 41.7 Å². The molecular weight excluding hydrogens is 322 g/mol. The smallest absolute Gasteiger partial charge is 0.326 e. The van der Waals surface area contributed by atoms with Gasteiger partial charge in [-0.1, -0.05) is 24.3 Å². The molecule has 1 heterocycles. The Hall–Kier alpha value is -2.08. The van der Waals surface area contributed by atoms with E-state index in [0.29, 0.717) is 12.2 Å². The maximum absolute atomic E-state index is 11.5. The third-order valence-electron chi connectivity index (χ3n) is 4.31. The molecular formula is C18H21N3O2S. The molecule has 0 saturated heterocycles. The van der Waals surface area contributed by atoms with Crippen molar-refractivity contribution in [3.8, 4) is 11.3 Å². The standard InChI is InChI=1S/C18H21N3O2S/c1-24-10-9-15(18(22)23)21-17-14-8-4-6-12-5-2-3-7-13(12)16(14)19-11-20-17/h2-3,5,7,11,15H,4,6,8-10H2,1H3,(H,22,23)(H,19,20,21). The molecule has 2 aromatic rings. The molecule has 6 heteroatoms. The molecule has 0 radical (unpaired) electrons. The van der Waals surface area contributed by atoms with Crippen LogP contribution in [-0.2, 0) is 17.6 Å². The summed E-state index contributed by atoms with van der Waals surface area (Å²) in [6, 6.07) is 7.65. The van der Waals surface area contributed by atoms with Gasteiger partial charge in [0.2, 0.25) is 0 Å². The Morgan fingerprint density at radius 2 is 2.17 bits per heavy atom. The van der Waals surface area contributed by atoms with E-state index in [2.05, 4.69) is 27.4 Å². The number of carboxylic acid groups (broad SMARTS) is 1. The van der Waals surface area contributed by atoms with Crippen LogP contribution in [0.2, 0.25) is 0 Å². The number of carboxylic acids is 1. The fourth-order valence-electron chi connectivity index (χ4n) is 3.09. The zero-order chi connectivity index (χ0) is 16.9. The van der Waals surface area contributed by atoms with Gasteiger partial charge in [-0.05, 0) is 43.3 Å². The Labute approximate surface area is 145 Å². The fraction of sp³-hybridized carbons (Fsp3) is 0.389. The van der Waals surface area contributed by atoms with Gasteiger partial charge in [-0.15, -0.1) is 0 Å². The number of rotatable bonds is 6. The highest BCUT2D eigenvalue weighted by Crippen LogP contribution is 2.33. The number of fused-ring (bicyclic) bond motifs is 3. The second-order valence-electron chi connectivity index (χ2n) is 5.88. The van der Waals surface area contributed by atoms with E-state index in [4.69, 9.17) is 0 Å². The molecule has 0 saturated carbocycles. The first kappa shape index (κ1) is 16.8. The second kappa shape index (κ2) is 7.66. The molecule has 126 valence electrons. The predicted molar refractivity (Wildman–Crippen MR) is 97.5 cm³/mol. The number of carbonyl (C=O) groups is 1. The van der Waals surface area contributed by atoms with Crippen LogP contribution in [0, 0.1) is 0 Å². The second-order valence-corrected chi connectivity index (χ2v) is 6.86. The van der Waals surface area contributed by atoms with Crippen LogP contribution >= 0.6 is 11.8 Å². The van der Waals surface area contributed by atoms with Crippen LogP contribution < -0.4 is 5.32 Å². The molecule has 1 aliphatic carbocycles. The SMILES string of the molecule is CSCCC(Nc1ncnc2c1CCCc1ccccc1-2)C(=O)O. The number of hydrogen-bond acceptors (Lipinski definition) is 5. The van der Waals surface area contributed by atoms with Crippen LogP contribution in [0.4, 0.5) is 5.82 Å². The average Bonchev–Trinajstić information content (AvgIpc) is 2.78. The van der Waals surface area contributed by atoms with E-state index < -0.39 is 12.0 Å². The summed E-state index contributed by atoms with van der Waals surface area (Å²) in [6.45, 7) is 0. The number of anilines is 1. The van der Waals surface area contributed by atoms with Gasteiger partial charge < -0.3 is 10.4 Å². The van der Waals surface area contributed by atoms with Crippen molar-refractivity contribution in [3.63, 3.8) is 0 Å². The Bertz CT molecular complexity index is 736. The zero-order valence-corrected chi connectivity index (χ0v) is 14.5. The molecule has 0 fully saturated rings. The summed E-state index contributed by atoms with van der Waals surface area (Å²) in [5.74, 6) is 0.607. The number of aryl methyl sites for hydroxylation is 1. The summed E-state index contributed by atoms with van der Waals surface area (Å²) in [6.07, 6.45) is 6.92. The van der Waals surface area contributed by atoms with Crippen LogP contribution in [0.1, 0.15) is 24.0 Å². The summed E-state index contributed by atoms with van der Waals surface area (Å²) in [4.78, 5) is 20.4. The Morgan fingerprint density at radius 1 is 1.33 bits per heavy atom. The van der Waals surface area contributed by atoms with Gasteiger partial charge in [-0.25, -0.2) is 14.8 Å². The van der Waals surface area contributed by atoms with E-state index in [1.54, 1.807) is 11.8 Å². The van der Waals surface area contributed by atoms with E-state index in [-0.39, 0.29) is 0 Å². The van der Waals surface area contributed by atoms with Crippen LogP contribution in [-0.4, -0.2) is 39.1 Å². The lowest BCUT2D eigenvalue weighted by Crippen LogP contribution is -2.31. The predicted octanol–water partition coefficient (Wildman–Crippen LogP) is 3.25. The molecule has 1 aromatic heterocycles. The highest BCUT2D eigenvalue weighted by Gasteiger charge is 2.23. The lowest BCUT2D eigenvalue weighted by molar-refractivity contribution is -0.137. The van der Waals surface area contributed by atoms with Crippen molar-refractivity contribution in [2.45, 2.75) is 31.7 Å². The highest BCUT2D eigenvalue weighted by atomic mass is 32.2. The average molecular weight is 343 g/mol. The fourth-order valence-corrected chi connectivity index (χ4v) is 3.56. The molecule has 1 aliphatic rings. The molecule has 1 atom stereocenters. The number of nitrogens with zero attached hydrogens (tertiary/aromatic N) is 2. The normalized spacial score (nSPS) is 14.2. The minimum Gasteiger partial charge on any atom is -0.480 e. The van der Waals surface area contributed by atoms with E-state index in [1.165, 1.54) is 11.9 Å². The minimum absolute atomic E-state index is 0.561. The molecule has 1 unspecified atom stereocenters. The number of thioether (sulfide) groups is 1. The monoisotopic (exact) mass is 343 g/mol. The first-order chi connectivity index (χ1) is 11.7. The molecule has 2 N–H and O–H groups in total. The molecule has 0 amide bonds. The van der Waals surface area contributed by atoms with Gasteiger partial charge in [-0.3, -0.25) is 0 Å². The Balaban J connectivity index is 1.96. The Kier molecular flexibility index (Phi) is 5.35. The molecule has 1 aromatic carbocycles. The minimum atomic E-state index is -0.842. The third kappa shape index (κ3) is 3.53. The summed E-state index contributed by atoms with van der Waals surface area (Å²) >= 11 is 1.64. The molecule has 0 bridgehead atoms. The van der Waals surface area contributed by atoms with E-state index in [1.807, 2.05) is 18.4 Å². The van der Waals surface area contributed by atoms with Crippen molar-refractivity contribution in [1.29, 1.82) is 0 Å². The van der Waals surface area contributed by atoms with Gasteiger partial charge in [0.15, 0.2) is 0 Å². The lowest BCUT2D eigenvalue weighted by Gasteiger charge is -2.18. The van der Waals surface area contributed by atoms with Crippen LogP contribution in [0.25, 0.3) is 11.3 Å². The number of aliphatic carboxylic acids is 1. The van der Waals surface area contributed by atoms with Crippen molar-refractivity contribution in [1.82, 2.24) is 9.97 Å². The molecule has 24 heavy (non-hydrogen) atoms. The van der Waals surface area contributed by atoms with Gasteiger partial charge >= 0.3 is 5.97 Å².